The fourth-order valence-electron chi connectivity index (χ4n) is 1.15. The zero-order valence-electron chi connectivity index (χ0n) is 8.12. The van der Waals surface area contributed by atoms with Gasteiger partial charge in [-0.3, -0.25) is 4.79 Å². The molecule has 0 aromatic rings. The number of alkyl carbamates (subject to hydrolysis) is 1. The van der Waals surface area contributed by atoms with Gasteiger partial charge in [0.1, 0.15) is 6.61 Å². The first-order valence-corrected chi connectivity index (χ1v) is 4.41. The predicted octanol–water partition coefficient (Wildman–Crippen LogP) is -0.799. The number of hydrogen-bond acceptors (Lipinski definition) is 4. The van der Waals surface area contributed by atoms with Gasteiger partial charge in [-0.25, -0.2) is 4.79 Å². The molecule has 0 aromatic heterocycles. The third-order valence-corrected chi connectivity index (χ3v) is 1.92. The number of ether oxygens (including phenoxy) is 2. The summed E-state index contributed by atoms with van der Waals surface area (Å²) in [5.74, 6) is -0.0390. The topological polar surface area (TPSA) is 67.9 Å². The van der Waals surface area contributed by atoms with E-state index in [-0.39, 0.29) is 12.5 Å². The molecule has 1 saturated heterocycles. The van der Waals surface area contributed by atoms with Crippen LogP contribution in [0.25, 0.3) is 0 Å². The third kappa shape index (κ3) is 3.21. The van der Waals surface area contributed by atoms with Gasteiger partial charge in [-0.05, 0) is 0 Å². The molecule has 6 nitrogen and oxygen atoms in total. The van der Waals surface area contributed by atoms with Crippen LogP contribution in [0, 0.1) is 0 Å². The Labute approximate surface area is 82.1 Å². The minimum absolute atomic E-state index is 0.0390. The van der Waals surface area contributed by atoms with E-state index in [9.17, 15) is 9.59 Å². The Kier molecular flexibility index (Phi) is 4.18. The second-order valence-corrected chi connectivity index (χ2v) is 2.85. The quantitative estimate of drug-likeness (QED) is 0.650. The van der Waals surface area contributed by atoms with Gasteiger partial charge in [0.05, 0.1) is 13.7 Å². The van der Waals surface area contributed by atoms with Crippen molar-refractivity contribution in [2.45, 2.75) is 0 Å². The van der Waals surface area contributed by atoms with Crippen molar-refractivity contribution in [3.8, 4) is 0 Å². The number of nitrogens with zero attached hydrogens (tertiary/aromatic N) is 1. The first-order valence-electron chi connectivity index (χ1n) is 4.41. The summed E-state index contributed by atoms with van der Waals surface area (Å²) in [4.78, 5) is 23.5. The molecule has 1 aliphatic rings. The fourth-order valence-corrected chi connectivity index (χ4v) is 1.15. The molecular formula is C8H14N2O4. The molecule has 1 N–H and O–H groups in total. The van der Waals surface area contributed by atoms with Gasteiger partial charge in [0.25, 0.3) is 0 Å². The van der Waals surface area contributed by atoms with Crippen molar-refractivity contribution in [3.05, 3.63) is 0 Å². The number of amides is 2. The molecule has 14 heavy (non-hydrogen) atoms. The van der Waals surface area contributed by atoms with Crippen LogP contribution in [-0.4, -0.2) is 56.9 Å². The molecule has 0 unspecified atom stereocenters. The van der Waals surface area contributed by atoms with E-state index < -0.39 is 6.09 Å². The number of rotatable bonds is 3. The van der Waals surface area contributed by atoms with Crippen LogP contribution in [0.4, 0.5) is 4.79 Å². The Hall–Kier alpha value is -1.30. The normalized spacial score (nSPS) is 16.6. The Balaban J connectivity index is 2.16. The van der Waals surface area contributed by atoms with Crippen LogP contribution in [-0.2, 0) is 14.3 Å². The Morgan fingerprint density at radius 1 is 1.71 bits per heavy atom. The van der Waals surface area contributed by atoms with Crippen LogP contribution in [0.15, 0.2) is 0 Å². The average molecular weight is 202 g/mol. The molecule has 0 bridgehead atoms. The first-order chi connectivity index (χ1) is 6.74. The summed E-state index contributed by atoms with van der Waals surface area (Å²) in [6.07, 6.45) is -0.481. The second kappa shape index (κ2) is 5.43. The standard InChI is InChI=1S/C8H14N2O4/c1-13-8(12)9-2-3-10-4-5-14-6-7(10)11/h2-6H2,1H3,(H,9,12). The van der Waals surface area contributed by atoms with Crippen LogP contribution >= 0.6 is 0 Å². The van der Waals surface area contributed by atoms with E-state index in [0.717, 1.165) is 0 Å². The highest BCUT2D eigenvalue weighted by Crippen LogP contribution is 1.97. The van der Waals surface area contributed by atoms with E-state index in [0.29, 0.717) is 26.2 Å². The van der Waals surface area contributed by atoms with E-state index in [1.807, 2.05) is 0 Å². The molecule has 0 aliphatic carbocycles. The first kappa shape index (κ1) is 10.8. The molecule has 6 heteroatoms. The molecule has 1 aliphatic heterocycles. The summed E-state index contributed by atoms with van der Waals surface area (Å²) in [6.45, 7) is 2.18. The van der Waals surface area contributed by atoms with Gasteiger partial charge in [-0.2, -0.15) is 0 Å². The minimum atomic E-state index is -0.481. The molecule has 0 aromatic carbocycles. The Morgan fingerprint density at radius 2 is 2.50 bits per heavy atom. The SMILES string of the molecule is COC(=O)NCCN1CCOCC1=O. The van der Waals surface area contributed by atoms with Gasteiger partial charge in [0.15, 0.2) is 0 Å². The number of nitrogens with one attached hydrogen (secondary N) is 1. The average Bonchev–Trinajstić information content (AvgIpc) is 2.20. The van der Waals surface area contributed by atoms with Crippen LogP contribution in [0.1, 0.15) is 0 Å². The van der Waals surface area contributed by atoms with Gasteiger partial charge >= 0.3 is 6.09 Å². The lowest BCUT2D eigenvalue weighted by molar-refractivity contribution is -0.142. The van der Waals surface area contributed by atoms with E-state index in [1.165, 1.54) is 7.11 Å². The van der Waals surface area contributed by atoms with Crippen molar-refractivity contribution in [2.75, 3.05) is 40.0 Å². The van der Waals surface area contributed by atoms with Crippen LogP contribution in [0.5, 0.6) is 0 Å². The van der Waals surface area contributed by atoms with Gasteiger partial charge < -0.3 is 19.7 Å². The third-order valence-electron chi connectivity index (χ3n) is 1.92. The van der Waals surface area contributed by atoms with Crippen molar-refractivity contribution in [3.63, 3.8) is 0 Å². The smallest absolute Gasteiger partial charge is 0.406 e. The molecule has 1 rings (SSSR count). The molecule has 0 atom stereocenters. The van der Waals surface area contributed by atoms with Gasteiger partial charge in [0, 0.05) is 19.6 Å². The summed E-state index contributed by atoms with van der Waals surface area (Å²) < 4.78 is 9.35. The monoisotopic (exact) mass is 202 g/mol. The zero-order valence-corrected chi connectivity index (χ0v) is 8.12. The van der Waals surface area contributed by atoms with Gasteiger partial charge in [0.2, 0.25) is 5.91 Å². The summed E-state index contributed by atoms with van der Waals surface area (Å²) >= 11 is 0. The fraction of sp³-hybridized carbons (Fsp3) is 0.750. The van der Waals surface area contributed by atoms with Crippen molar-refractivity contribution in [1.82, 2.24) is 10.2 Å². The summed E-state index contributed by atoms with van der Waals surface area (Å²) in [5.41, 5.74) is 0. The van der Waals surface area contributed by atoms with Crippen molar-refractivity contribution in [2.24, 2.45) is 0 Å². The van der Waals surface area contributed by atoms with Crippen LogP contribution in [0.2, 0.25) is 0 Å². The molecule has 80 valence electrons. The molecule has 0 saturated carbocycles. The second-order valence-electron chi connectivity index (χ2n) is 2.85. The van der Waals surface area contributed by atoms with E-state index in [2.05, 4.69) is 10.1 Å². The van der Waals surface area contributed by atoms with E-state index in [4.69, 9.17) is 4.74 Å². The Morgan fingerprint density at radius 3 is 3.14 bits per heavy atom. The van der Waals surface area contributed by atoms with Gasteiger partial charge in [-0.15, -0.1) is 0 Å². The van der Waals surface area contributed by atoms with Crippen LogP contribution in [0.3, 0.4) is 0 Å². The van der Waals surface area contributed by atoms with E-state index >= 15 is 0 Å². The summed E-state index contributed by atoms with van der Waals surface area (Å²) in [7, 11) is 1.30. The largest absolute Gasteiger partial charge is 0.453 e. The molecule has 1 heterocycles. The summed E-state index contributed by atoms with van der Waals surface area (Å²) in [5, 5.41) is 2.50. The number of hydrogen-bond donors (Lipinski definition) is 1. The maximum atomic E-state index is 11.2. The lowest BCUT2D eigenvalue weighted by atomic mass is 10.4. The minimum Gasteiger partial charge on any atom is -0.453 e. The zero-order chi connectivity index (χ0) is 10.4. The molecular weight excluding hydrogens is 188 g/mol. The van der Waals surface area contributed by atoms with Gasteiger partial charge in [-0.1, -0.05) is 0 Å². The van der Waals surface area contributed by atoms with Crippen molar-refractivity contribution < 1.29 is 19.1 Å². The van der Waals surface area contributed by atoms with E-state index in [1.54, 1.807) is 4.90 Å². The molecule has 0 radical (unpaired) electrons. The highest BCUT2D eigenvalue weighted by atomic mass is 16.5. The highest BCUT2D eigenvalue weighted by molar-refractivity contribution is 5.78. The van der Waals surface area contributed by atoms with Crippen LogP contribution < -0.4 is 5.32 Å². The van der Waals surface area contributed by atoms with Crippen molar-refractivity contribution in [1.29, 1.82) is 0 Å². The molecule has 1 fully saturated rings. The Bertz CT molecular complexity index is 219. The summed E-state index contributed by atoms with van der Waals surface area (Å²) in [6, 6.07) is 0. The maximum absolute atomic E-state index is 11.2. The molecule has 0 spiro atoms. The number of carbonyl (C=O) groups excluding carboxylic acids is 2. The number of carbonyl (C=O) groups is 2. The highest BCUT2D eigenvalue weighted by Gasteiger charge is 2.17. The lowest BCUT2D eigenvalue weighted by Gasteiger charge is -2.26. The van der Waals surface area contributed by atoms with Crippen molar-refractivity contribution >= 4 is 12.0 Å². The predicted molar refractivity (Wildman–Crippen MR) is 47.8 cm³/mol. The number of methoxy groups -OCH3 is 1. The maximum Gasteiger partial charge on any atom is 0.406 e. The number of morpholine rings is 1. The lowest BCUT2D eigenvalue weighted by Crippen LogP contribution is -2.45. The molecule has 2 amide bonds.